The summed E-state index contributed by atoms with van der Waals surface area (Å²) in [7, 11) is 0. The summed E-state index contributed by atoms with van der Waals surface area (Å²) < 4.78 is 0. The van der Waals surface area contributed by atoms with Crippen LogP contribution in [-0.2, 0) is 11.2 Å². The molecule has 0 saturated carbocycles. The van der Waals surface area contributed by atoms with Crippen LogP contribution in [0, 0.1) is 0 Å². The molecular formula is C19H20N4O4. The van der Waals surface area contributed by atoms with Gasteiger partial charge in [-0.15, -0.1) is 0 Å². The second kappa shape index (κ2) is 8.39. The highest BCUT2D eigenvalue weighted by Crippen LogP contribution is 2.13. The van der Waals surface area contributed by atoms with Crippen molar-refractivity contribution in [3.63, 3.8) is 0 Å². The van der Waals surface area contributed by atoms with Crippen molar-refractivity contribution in [3.05, 3.63) is 59.7 Å². The number of nitrogens with zero attached hydrogens (tertiary/aromatic N) is 3. The van der Waals surface area contributed by atoms with E-state index in [9.17, 15) is 14.4 Å². The third-order valence-corrected chi connectivity index (χ3v) is 4.45. The zero-order chi connectivity index (χ0) is 19.2. The van der Waals surface area contributed by atoms with Gasteiger partial charge >= 0.3 is 5.97 Å². The first kappa shape index (κ1) is 18.5. The number of aromatic carboxylic acids is 1. The first-order valence-corrected chi connectivity index (χ1v) is 8.71. The first-order chi connectivity index (χ1) is 13.0. The number of amides is 2. The Morgan fingerprint density at radius 3 is 2.48 bits per heavy atom. The number of hydrogen-bond donors (Lipinski definition) is 2. The molecule has 140 valence electrons. The smallest absolute Gasteiger partial charge is 0.356 e. The molecule has 2 heterocycles. The Kier molecular flexibility index (Phi) is 5.75. The first-order valence-electron chi connectivity index (χ1n) is 8.71. The van der Waals surface area contributed by atoms with Gasteiger partial charge in [-0.05, 0) is 18.4 Å². The molecule has 1 atom stereocenters. The number of aromatic nitrogens is 2. The van der Waals surface area contributed by atoms with Crippen LogP contribution >= 0.6 is 0 Å². The van der Waals surface area contributed by atoms with Crippen LogP contribution in [-0.4, -0.2) is 56.9 Å². The van der Waals surface area contributed by atoms with Gasteiger partial charge in [0.15, 0.2) is 5.69 Å². The number of benzene rings is 1. The number of hydrogen-bond acceptors (Lipinski definition) is 5. The largest absolute Gasteiger partial charge is 0.476 e. The molecule has 1 unspecified atom stereocenters. The number of carbonyl (C=O) groups excluding carboxylic acids is 2. The normalized spacial score (nSPS) is 16.1. The maximum Gasteiger partial charge on any atom is 0.356 e. The lowest BCUT2D eigenvalue weighted by atomic mass is 10.1. The van der Waals surface area contributed by atoms with E-state index in [1.807, 2.05) is 30.3 Å². The molecule has 8 nitrogen and oxygen atoms in total. The van der Waals surface area contributed by atoms with E-state index in [2.05, 4.69) is 15.3 Å². The fourth-order valence-electron chi connectivity index (χ4n) is 2.97. The number of carboxylic acids is 1. The van der Waals surface area contributed by atoms with Crippen molar-refractivity contribution in [2.45, 2.75) is 25.3 Å². The van der Waals surface area contributed by atoms with Gasteiger partial charge in [0, 0.05) is 25.6 Å². The second-order valence-corrected chi connectivity index (χ2v) is 6.38. The highest BCUT2D eigenvalue weighted by atomic mass is 16.4. The predicted molar refractivity (Wildman–Crippen MR) is 96.2 cm³/mol. The molecular weight excluding hydrogens is 348 g/mol. The van der Waals surface area contributed by atoms with E-state index in [0.29, 0.717) is 32.4 Å². The molecule has 0 aliphatic carbocycles. The van der Waals surface area contributed by atoms with Crippen LogP contribution in [0.15, 0.2) is 42.7 Å². The zero-order valence-electron chi connectivity index (χ0n) is 14.7. The minimum atomic E-state index is -1.20. The predicted octanol–water partition coefficient (Wildman–Crippen LogP) is 1.14. The molecule has 0 bridgehead atoms. The van der Waals surface area contributed by atoms with Gasteiger partial charge in [0.25, 0.3) is 5.91 Å². The zero-order valence-corrected chi connectivity index (χ0v) is 14.7. The molecule has 2 amide bonds. The second-order valence-electron chi connectivity index (χ2n) is 6.38. The third-order valence-electron chi connectivity index (χ3n) is 4.45. The minimum absolute atomic E-state index is 0.0499. The fraction of sp³-hybridized carbons (Fsp3) is 0.316. The Morgan fingerprint density at radius 2 is 1.81 bits per heavy atom. The quantitative estimate of drug-likeness (QED) is 0.791. The molecule has 1 aromatic carbocycles. The molecule has 1 saturated heterocycles. The van der Waals surface area contributed by atoms with Crippen LogP contribution in [0.3, 0.4) is 0 Å². The highest BCUT2D eigenvalue weighted by Gasteiger charge is 2.27. The van der Waals surface area contributed by atoms with Crippen molar-refractivity contribution in [1.82, 2.24) is 20.2 Å². The van der Waals surface area contributed by atoms with E-state index in [4.69, 9.17) is 5.11 Å². The van der Waals surface area contributed by atoms with Gasteiger partial charge in [0.1, 0.15) is 5.69 Å². The average Bonchev–Trinajstić information content (AvgIpc) is 3.15. The molecule has 3 rings (SSSR count). The molecule has 1 aromatic heterocycles. The minimum Gasteiger partial charge on any atom is -0.476 e. The van der Waals surface area contributed by atoms with E-state index >= 15 is 0 Å². The number of carboxylic acid groups (broad SMARTS) is 1. The number of likely N-dealkylation sites (tertiary alicyclic amines) is 1. The molecule has 2 aromatic rings. The van der Waals surface area contributed by atoms with Crippen molar-refractivity contribution in [1.29, 1.82) is 0 Å². The third kappa shape index (κ3) is 4.87. The molecule has 8 heteroatoms. The summed E-state index contributed by atoms with van der Waals surface area (Å²) in [6.45, 7) is 1.06. The number of rotatable bonds is 6. The lowest BCUT2D eigenvalue weighted by Gasteiger charge is -2.17. The Morgan fingerprint density at radius 1 is 1.11 bits per heavy atom. The van der Waals surface area contributed by atoms with Gasteiger partial charge < -0.3 is 15.3 Å². The van der Waals surface area contributed by atoms with E-state index in [1.165, 1.54) is 0 Å². The van der Waals surface area contributed by atoms with Crippen molar-refractivity contribution >= 4 is 17.8 Å². The van der Waals surface area contributed by atoms with Crippen LogP contribution < -0.4 is 5.32 Å². The van der Waals surface area contributed by atoms with Gasteiger partial charge in [-0.2, -0.15) is 0 Å². The monoisotopic (exact) mass is 368 g/mol. The van der Waals surface area contributed by atoms with Crippen LogP contribution in [0.5, 0.6) is 0 Å². The van der Waals surface area contributed by atoms with Crippen molar-refractivity contribution in [3.8, 4) is 0 Å². The molecule has 27 heavy (non-hydrogen) atoms. The van der Waals surface area contributed by atoms with Gasteiger partial charge in [0.05, 0.1) is 12.4 Å². The summed E-state index contributed by atoms with van der Waals surface area (Å²) in [6, 6.07) is 9.69. The maximum atomic E-state index is 12.4. The SMILES string of the molecule is O=C(O)c1cnc(C(=O)NC2CCN(C(=O)CCc3ccccc3)C2)cn1. The molecule has 1 fully saturated rings. The molecule has 1 aliphatic rings. The summed E-state index contributed by atoms with van der Waals surface area (Å²) in [5, 5.41) is 11.6. The summed E-state index contributed by atoms with van der Waals surface area (Å²) in [4.78, 5) is 44.6. The van der Waals surface area contributed by atoms with Gasteiger partial charge in [-0.1, -0.05) is 30.3 Å². The van der Waals surface area contributed by atoms with E-state index in [1.54, 1.807) is 4.90 Å². The molecule has 0 spiro atoms. The van der Waals surface area contributed by atoms with E-state index < -0.39 is 11.9 Å². The van der Waals surface area contributed by atoms with Crippen LogP contribution in [0.25, 0.3) is 0 Å². The average molecular weight is 368 g/mol. The number of aryl methyl sites for hydroxylation is 1. The number of nitrogens with one attached hydrogen (secondary N) is 1. The highest BCUT2D eigenvalue weighted by molar-refractivity contribution is 5.93. The van der Waals surface area contributed by atoms with Crippen molar-refractivity contribution in [2.24, 2.45) is 0 Å². The Labute approximate surface area is 156 Å². The van der Waals surface area contributed by atoms with Gasteiger partial charge in [-0.25, -0.2) is 14.8 Å². The topological polar surface area (TPSA) is 112 Å². The maximum absolute atomic E-state index is 12.4. The van der Waals surface area contributed by atoms with Crippen LogP contribution in [0.4, 0.5) is 0 Å². The molecule has 0 radical (unpaired) electrons. The van der Waals surface area contributed by atoms with Crippen LogP contribution in [0.1, 0.15) is 39.4 Å². The standard InChI is InChI=1S/C19H20N4O4/c24-17(7-6-13-4-2-1-3-5-13)23-9-8-14(12-23)22-18(25)15-10-21-16(11-20-15)19(26)27/h1-5,10-11,14H,6-9,12H2,(H,22,25)(H,26,27). The summed E-state index contributed by atoms with van der Waals surface area (Å²) in [5.41, 5.74) is 0.953. The van der Waals surface area contributed by atoms with Crippen LogP contribution in [0.2, 0.25) is 0 Å². The Hall–Kier alpha value is -3.29. The van der Waals surface area contributed by atoms with E-state index in [-0.39, 0.29) is 23.3 Å². The lowest BCUT2D eigenvalue weighted by molar-refractivity contribution is -0.130. The van der Waals surface area contributed by atoms with Crippen molar-refractivity contribution < 1.29 is 19.5 Å². The summed E-state index contributed by atoms with van der Waals surface area (Å²) >= 11 is 0. The Balaban J connectivity index is 1.48. The fourth-order valence-corrected chi connectivity index (χ4v) is 2.97. The van der Waals surface area contributed by atoms with Gasteiger partial charge in [0.2, 0.25) is 5.91 Å². The Bertz CT molecular complexity index is 823. The molecule has 1 aliphatic heterocycles. The summed E-state index contributed by atoms with van der Waals surface area (Å²) in [6.07, 6.45) is 3.98. The lowest BCUT2D eigenvalue weighted by Crippen LogP contribution is -2.38. The summed E-state index contributed by atoms with van der Waals surface area (Å²) in [5.74, 6) is -1.56. The molecule has 2 N–H and O–H groups in total. The van der Waals surface area contributed by atoms with Crippen molar-refractivity contribution in [2.75, 3.05) is 13.1 Å². The van der Waals surface area contributed by atoms with Gasteiger partial charge in [-0.3, -0.25) is 9.59 Å². The van der Waals surface area contributed by atoms with E-state index in [0.717, 1.165) is 18.0 Å². The number of carbonyl (C=O) groups is 3.